The second kappa shape index (κ2) is 5.98. The van der Waals surface area contributed by atoms with Gasteiger partial charge in [-0.15, -0.1) is 11.3 Å². The van der Waals surface area contributed by atoms with Gasteiger partial charge >= 0.3 is 5.76 Å². The number of nitrogens with one attached hydrogen (secondary N) is 1. The van der Waals surface area contributed by atoms with E-state index in [0.717, 1.165) is 4.88 Å². The van der Waals surface area contributed by atoms with Gasteiger partial charge in [0.1, 0.15) is 10.6 Å². The molecule has 3 heterocycles. The van der Waals surface area contributed by atoms with Crippen LogP contribution < -0.4 is 15.2 Å². The summed E-state index contributed by atoms with van der Waals surface area (Å²) in [5, 5.41) is 3.69. The fraction of sp³-hybridized carbons (Fsp3) is 0.231. The molecule has 0 amide bonds. The first-order valence-electron chi connectivity index (χ1n) is 6.41. The lowest BCUT2D eigenvalue weighted by Crippen LogP contribution is -1.95. The van der Waals surface area contributed by atoms with Crippen LogP contribution in [-0.4, -0.2) is 33.8 Å². The number of methoxy groups -OCH3 is 1. The lowest BCUT2D eigenvalue weighted by molar-refractivity contribution is 0.342. The van der Waals surface area contributed by atoms with Crippen LogP contribution in [0, 0.1) is 0 Å². The van der Waals surface area contributed by atoms with Gasteiger partial charge in [0.2, 0.25) is 5.88 Å². The first kappa shape index (κ1) is 14.3. The fourth-order valence-electron chi connectivity index (χ4n) is 1.81. The highest BCUT2D eigenvalue weighted by molar-refractivity contribution is 7.19. The number of hydrogen-bond acceptors (Lipinski definition) is 8. The molecule has 0 aliphatic rings. The number of rotatable bonds is 5. The zero-order chi connectivity index (χ0) is 15.5. The molecule has 22 heavy (non-hydrogen) atoms. The first-order chi connectivity index (χ1) is 10.7. The van der Waals surface area contributed by atoms with Crippen LogP contribution in [-0.2, 0) is 0 Å². The SMILES string of the molecule is CCOc1cc(-c2nccc(OC)n2)sc1-c1noc(=O)[nH]1. The van der Waals surface area contributed by atoms with E-state index in [4.69, 9.17) is 9.47 Å². The predicted molar refractivity (Wildman–Crippen MR) is 79.2 cm³/mol. The summed E-state index contributed by atoms with van der Waals surface area (Å²) in [5.41, 5.74) is 0. The van der Waals surface area contributed by atoms with Crippen molar-refractivity contribution in [3.8, 4) is 33.0 Å². The Morgan fingerprint density at radius 1 is 1.45 bits per heavy atom. The number of thiophene rings is 1. The monoisotopic (exact) mass is 320 g/mol. The summed E-state index contributed by atoms with van der Waals surface area (Å²) in [5.74, 6) is 1.24. The molecule has 0 bridgehead atoms. The number of ether oxygens (including phenoxy) is 2. The molecular formula is C13H12N4O4S. The third kappa shape index (κ3) is 2.70. The Hall–Kier alpha value is -2.68. The van der Waals surface area contributed by atoms with Crippen LogP contribution in [0.4, 0.5) is 0 Å². The van der Waals surface area contributed by atoms with Crippen molar-refractivity contribution in [2.24, 2.45) is 0 Å². The molecule has 3 rings (SSSR count). The molecule has 0 radical (unpaired) electrons. The number of aromatic amines is 1. The van der Waals surface area contributed by atoms with Gasteiger partial charge in [0, 0.05) is 18.3 Å². The maximum absolute atomic E-state index is 11.1. The van der Waals surface area contributed by atoms with Crippen LogP contribution in [0.2, 0.25) is 0 Å². The summed E-state index contributed by atoms with van der Waals surface area (Å²) in [6.45, 7) is 2.35. The fourth-order valence-corrected chi connectivity index (χ4v) is 2.79. The van der Waals surface area contributed by atoms with Crippen molar-refractivity contribution in [2.75, 3.05) is 13.7 Å². The summed E-state index contributed by atoms with van der Waals surface area (Å²) < 4.78 is 15.2. The smallest absolute Gasteiger partial charge is 0.439 e. The Morgan fingerprint density at radius 3 is 3.00 bits per heavy atom. The molecule has 9 heteroatoms. The Morgan fingerprint density at radius 2 is 2.32 bits per heavy atom. The second-order valence-corrected chi connectivity index (χ2v) is 5.16. The normalized spacial score (nSPS) is 10.6. The topological polar surface area (TPSA) is 103 Å². The Bertz CT molecular complexity index is 838. The molecule has 0 saturated carbocycles. The van der Waals surface area contributed by atoms with Gasteiger partial charge in [-0.05, 0) is 6.92 Å². The highest BCUT2D eigenvalue weighted by Crippen LogP contribution is 2.40. The average molecular weight is 320 g/mol. The van der Waals surface area contributed by atoms with Crippen LogP contribution in [0.3, 0.4) is 0 Å². The number of hydrogen-bond donors (Lipinski definition) is 1. The van der Waals surface area contributed by atoms with E-state index in [1.807, 2.05) is 6.92 Å². The minimum absolute atomic E-state index is 0.313. The third-order valence-corrected chi connectivity index (χ3v) is 3.83. The van der Waals surface area contributed by atoms with Crippen LogP contribution in [0.25, 0.3) is 21.4 Å². The van der Waals surface area contributed by atoms with E-state index in [2.05, 4.69) is 24.6 Å². The molecule has 0 atom stereocenters. The molecule has 0 aromatic carbocycles. The number of aromatic nitrogens is 4. The lowest BCUT2D eigenvalue weighted by Gasteiger charge is -2.00. The Labute approximate surface area is 128 Å². The average Bonchev–Trinajstić information content (AvgIpc) is 3.14. The Kier molecular flexibility index (Phi) is 3.88. The highest BCUT2D eigenvalue weighted by atomic mass is 32.1. The van der Waals surface area contributed by atoms with E-state index in [0.29, 0.717) is 34.8 Å². The Balaban J connectivity index is 2.07. The minimum Gasteiger partial charge on any atom is -0.492 e. The summed E-state index contributed by atoms with van der Waals surface area (Å²) in [4.78, 5) is 23.6. The van der Waals surface area contributed by atoms with E-state index in [-0.39, 0.29) is 0 Å². The largest absolute Gasteiger partial charge is 0.492 e. The van der Waals surface area contributed by atoms with Crippen molar-refractivity contribution in [1.82, 2.24) is 20.1 Å². The van der Waals surface area contributed by atoms with Crippen molar-refractivity contribution in [2.45, 2.75) is 6.92 Å². The maximum atomic E-state index is 11.1. The van der Waals surface area contributed by atoms with E-state index < -0.39 is 5.76 Å². The van der Waals surface area contributed by atoms with Gasteiger partial charge in [-0.1, -0.05) is 5.16 Å². The van der Waals surface area contributed by atoms with Crippen molar-refractivity contribution >= 4 is 11.3 Å². The highest BCUT2D eigenvalue weighted by Gasteiger charge is 2.18. The molecule has 0 saturated heterocycles. The molecule has 0 unspecified atom stereocenters. The van der Waals surface area contributed by atoms with Crippen molar-refractivity contribution < 1.29 is 14.0 Å². The van der Waals surface area contributed by atoms with Gasteiger partial charge in [-0.2, -0.15) is 4.98 Å². The standard InChI is InChI=1S/C13H12N4O4S/c1-3-20-7-6-8(11-14-5-4-9(15-11)19-2)22-10(7)12-16-13(18)21-17-12/h4-6H,3H2,1-2H3,(H,16,17,18). The van der Waals surface area contributed by atoms with Gasteiger partial charge in [-0.25, -0.2) is 9.78 Å². The molecule has 1 N–H and O–H groups in total. The van der Waals surface area contributed by atoms with Crippen LogP contribution in [0.1, 0.15) is 6.92 Å². The predicted octanol–water partition coefficient (Wildman–Crippen LogP) is 1.96. The second-order valence-electron chi connectivity index (χ2n) is 4.10. The summed E-state index contributed by atoms with van der Waals surface area (Å²) in [6.07, 6.45) is 1.61. The zero-order valence-corrected chi connectivity index (χ0v) is 12.6. The molecule has 0 aliphatic carbocycles. The molecule has 3 aromatic rings. The van der Waals surface area contributed by atoms with Crippen LogP contribution in [0.15, 0.2) is 27.6 Å². The van der Waals surface area contributed by atoms with E-state index >= 15 is 0 Å². The van der Waals surface area contributed by atoms with Crippen molar-refractivity contribution in [1.29, 1.82) is 0 Å². The third-order valence-electron chi connectivity index (χ3n) is 2.71. The van der Waals surface area contributed by atoms with E-state index in [1.54, 1.807) is 18.3 Å². The summed E-state index contributed by atoms with van der Waals surface area (Å²) in [7, 11) is 1.54. The van der Waals surface area contributed by atoms with Gasteiger partial charge < -0.3 is 9.47 Å². The molecule has 0 aliphatic heterocycles. The molecule has 114 valence electrons. The van der Waals surface area contributed by atoms with Crippen molar-refractivity contribution in [3.63, 3.8) is 0 Å². The molecule has 0 fully saturated rings. The lowest BCUT2D eigenvalue weighted by atomic mass is 10.3. The minimum atomic E-state index is -0.620. The van der Waals surface area contributed by atoms with Crippen molar-refractivity contribution in [3.05, 3.63) is 28.9 Å². The van der Waals surface area contributed by atoms with Crippen LogP contribution in [0.5, 0.6) is 11.6 Å². The van der Waals surface area contributed by atoms with E-state index in [9.17, 15) is 4.79 Å². The van der Waals surface area contributed by atoms with Gasteiger partial charge in [0.25, 0.3) is 0 Å². The van der Waals surface area contributed by atoms with Gasteiger partial charge in [-0.3, -0.25) is 9.51 Å². The van der Waals surface area contributed by atoms with Gasteiger partial charge in [0.05, 0.1) is 18.6 Å². The quantitative estimate of drug-likeness (QED) is 0.766. The molecule has 0 spiro atoms. The maximum Gasteiger partial charge on any atom is 0.439 e. The number of H-pyrrole nitrogens is 1. The van der Waals surface area contributed by atoms with Crippen LogP contribution >= 0.6 is 11.3 Å². The summed E-state index contributed by atoms with van der Waals surface area (Å²) >= 11 is 1.34. The first-order valence-corrected chi connectivity index (χ1v) is 7.23. The van der Waals surface area contributed by atoms with Gasteiger partial charge in [0.15, 0.2) is 11.6 Å². The number of nitrogens with zero attached hydrogens (tertiary/aromatic N) is 3. The zero-order valence-electron chi connectivity index (χ0n) is 11.8. The summed E-state index contributed by atoms with van der Waals surface area (Å²) in [6, 6.07) is 3.46. The molecule has 3 aromatic heterocycles. The molecule has 8 nitrogen and oxygen atoms in total. The van der Waals surface area contributed by atoms with E-state index in [1.165, 1.54) is 18.4 Å². The molecular weight excluding hydrogens is 308 g/mol.